The van der Waals surface area contributed by atoms with Crippen LogP contribution in [0.1, 0.15) is 36.8 Å². The van der Waals surface area contributed by atoms with Crippen LogP contribution in [0.5, 0.6) is 11.5 Å². The second-order valence-corrected chi connectivity index (χ2v) is 8.41. The maximum absolute atomic E-state index is 11.4. The lowest BCUT2D eigenvalue weighted by Crippen LogP contribution is -2.48. The predicted molar refractivity (Wildman–Crippen MR) is 128 cm³/mol. The zero-order chi connectivity index (χ0) is 25.2. The Morgan fingerprint density at radius 3 is 2.51 bits per heavy atom. The SMILES string of the molecule is COc1ccccc1COCCCOc1ccc(C2CCN(C(=O)O)CC2OC(C)C(=O)O)cc1. The van der Waals surface area contributed by atoms with Gasteiger partial charge in [0.25, 0.3) is 0 Å². The molecule has 9 nitrogen and oxygen atoms in total. The first-order valence-corrected chi connectivity index (χ1v) is 11.7. The van der Waals surface area contributed by atoms with Crippen LogP contribution >= 0.6 is 0 Å². The third-order valence-electron chi connectivity index (χ3n) is 6.02. The molecule has 1 aliphatic rings. The number of benzene rings is 2. The van der Waals surface area contributed by atoms with Crippen molar-refractivity contribution in [2.24, 2.45) is 0 Å². The van der Waals surface area contributed by atoms with Crippen molar-refractivity contribution in [3.8, 4) is 11.5 Å². The van der Waals surface area contributed by atoms with E-state index in [4.69, 9.17) is 18.9 Å². The summed E-state index contributed by atoms with van der Waals surface area (Å²) in [5.74, 6) is 0.344. The molecule has 2 N–H and O–H groups in total. The van der Waals surface area contributed by atoms with E-state index >= 15 is 0 Å². The average molecular weight is 488 g/mol. The maximum Gasteiger partial charge on any atom is 0.407 e. The number of ether oxygens (including phenoxy) is 4. The molecule has 0 saturated carbocycles. The smallest absolute Gasteiger partial charge is 0.407 e. The van der Waals surface area contributed by atoms with Gasteiger partial charge in [0.15, 0.2) is 6.10 Å². The highest BCUT2D eigenvalue weighted by atomic mass is 16.5. The van der Waals surface area contributed by atoms with Crippen LogP contribution in [-0.2, 0) is 20.9 Å². The Labute approximate surface area is 205 Å². The molecule has 35 heavy (non-hydrogen) atoms. The monoisotopic (exact) mass is 487 g/mol. The fourth-order valence-electron chi connectivity index (χ4n) is 4.10. The second-order valence-electron chi connectivity index (χ2n) is 8.41. The van der Waals surface area contributed by atoms with Gasteiger partial charge in [0.1, 0.15) is 11.5 Å². The largest absolute Gasteiger partial charge is 0.496 e. The Kier molecular flexibility index (Phi) is 9.75. The molecule has 3 unspecified atom stereocenters. The number of likely N-dealkylation sites (tertiary alicyclic amines) is 1. The quantitative estimate of drug-likeness (QED) is 0.432. The van der Waals surface area contributed by atoms with E-state index in [9.17, 15) is 19.8 Å². The molecular formula is C26H33NO8. The number of carboxylic acid groups (broad SMARTS) is 2. The van der Waals surface area contributed by atoms with Crippen LogP contribution in [0.2, 0.25) is 0 Å². The lowest BCUT2D eigenvalue weighted by atomic mass is 9.87. The summed E-state index contributed by atoms with van der Waals surface area (Å²) in [5, 5.41) is 18.5. The molecule has 2 aromatic carbocycles. The van der Waals surface area contributed by atoms with Gasteiger partial charge in [-0.05, 0) is 37.1 Å². The first kappa shape index (κ1) is 26.3. The summed E-state index contributed by atoms with van der Waals surface area (Å²) in [7, 11) is 1.64. The summed E-state index contributed by atoms with van der Waals surface area (Å²) in [5.41, 5.74) is 1.96. The average Bonchev–Trinajstić information content (AvgIpc) is 2.86. The molecule has 3 atom stereocenters. The van der Waals surface area contributed by atoms with Crippen LogP contribution in [0.4, 0.5) is 4.79 Å². The molecule has 1 fully saturated rings. The number of nitrogens with zero attached hydrogens (tertiary/aromatic N) is 1. The number of aliphatic carboxylic acids is 1. The molecule has 1 aliphatic heterocycles. The van der Waals surface area contributed by atoms with E-state index < -0.39 is 24.3 Å². The van der Waals surface area contributed by atoms with Crippen molar-refractivity contribution < 1.29 is 38.7 Å². The summed E-state index contributed by atoms with van der Waals surface area (Å²) in [6.07, 6.45) is -1.32. The van der Waals surface area contributed by atoms with Crippen molar-refractivity contribution in [2.75, 3.05) is 33.4 Å². The Morgan fingerprint density at radius 1 is 1.09 bits per heavy atom. The number of methoxy groups -OCH3 is 1. The molecule has 0 spiro atoms. The van der Waals surface area contributed by atoms with Gasteiger partial charge in [-0.15, -0.1) is 0 Å². The minimum Gasteiger partial charge on any atom is -0.496 e. The normalized spacial score (nSPS) is 18.6. The lowest BCUT2D eigenvalue weighted by molar-refractivity contribution is -0.155. The lowest BCUT2D eigenvalue weighted by Gasteiger charge is -2.38. The molecule has 1 saturated heterocycles. The Bertz CT molecular complexity index is 962. The Morgan fingerprint density at radius 2 is 1.83 bits per heavy atom. The van der Waals surface area contributed by atoms with E-state index in [2.05, 4.69) is 0 Å². The maximum atomic E-state index is 11.4. The van der Waals surface area contributed by atoms with Crippen LogP contribution in [0.3, 0.4) is 0 Å². The van der Waals surface area contributed by atoms with E-state index in [0.717, 1.165) is 29.0 Å². The molecule has 9 heteroatoms. The standard InChI is InChI=1S/C26H33NO8/c1-18(25(28)29)35-24-16-27(26(30)31)13-12-22(24)19-8-10-21(11-9-19)34-15-5-14-33-17-20-6-3-4-7-23(20)32-2/h3-4,6-11,18,22,24H,5,12-17H2,1-2H3,(H,28,29)(H,30,31). The van der Waals surface area contributed by atoms with Crippen LogP contribution in [0.15, 0.2) is 48.5 Å². The molecular weight excluding hydrogens is 454 g/mol. The number of amides is 1. The second kappa shape index (κ2) is 13.0. The van der Waals surface area contributed by atoms with Crippen LogP contribution in [-0.4, -0.2) is 72.8 Å². The molecule has 1 heterocycles. The van der Waals surface area contributed by atoms with Gasteiger partial charge < -0.3 is 34.1 Å². The number of hydrogen-bond donors (Lipinski definition) is 2. The van der Waals surface area contributed by atoms with Gasteiger partial charge in [0.05, 0.1) is 39.6 Å². The number of rotatable bonds is 12. The highest BCUT2D eigenvalue weighted by Gasteiger charge is 2.35. The van der Waals surface area contributed by atoms with Crippen molar-refractivity contribution in [1.29, 1.82) is 0 Å². The highest BCUT2D eigenvalue weighted by Crippen LogP contribution is 2.32. The molecule has 0 radical (unpaired) electrons. The molecule has 0 bridgehead atoms. The van der Waals surface area contributed by atoms with Gasteiger partial charge in [-0.25, -0.2) is 9.59 Å². The molecule has 3 rings (SSSR count). The van der Waals surface area contributed by atoms with E-state index in [0.29, 0.717) is 32.8 Å². The fourth-order valence-corrected chi connectivity index (χ4v) is 4.10. The first-order valence-electron chi connectivity index (χ1n) is 11.7. The summed E-state index contributed by atoms with van der Waals surface area (Å²) in [6.45, 7) is 3.49. The summed E-state index contributed by atoms with van der Waals surface area (Å²) in [4.78, 5) is 23.9. The topological polar surface area (TPSA) is 115 Å². The highest BCUT2D eigenvalue weighted by molar-refractivity contribution is 5.71. The summed E-state index contributed by atoms with van der Waals surface area (Å²) in [6, 6.07) is 15.3. The summed E-state index contributed by atoms with van der Waals surface area (Å²) < 4.78 is 22.6. The van der Waals surface area contributed by atoms with Crippen LogP contribution < -0.4 is 9.47 Å². The Balaban J connectivity index is 1.48. The minimum atomic E-state index is -1.08. The van der Waals surface area contributed by atoms with Gasteiger partial charge >= 0.3 is 12.1 Å². The molecule has 190 valence electrons. The van der Waals surface area contributed by atoms with Gasteiger partial charge in [0.2, 0.25) is 0 Å². The third kappa shape index (κ3) is 7.60. The van der Waals surface area contributed by atoms with Crippen molar-refractivity contribution in [2.45, 2.75) is 44.5 Å². The van der Waals surface area contributed by atoms with Gasteiger partial charge in [-0.2, -0.15) is 0 Å². The van der Waals surface area contributed by atoms with Crippen molar-refractivity contribution >= 4 is 12.1 Å². The number of carboxylic acids is 1. The van der Waals surface area contributed by atoms with Gasteiger partial charge in [-0.3, -0.25) is 0 Å². The van der Waals surface area contributed by atoms with E-state index in [-0.39, 0.29) is 12.5 Å². The first-order chi connectivity index (χ1) is 16.9. The zero-order valence-corrected chi connectivity index (χ0v) is 20.1. The minimum absolute atomic E-state index is 0.107. The predicted octanol–water partition coefficient (Wildman–Crippen LogP) is 4.01. The van der Waals surface area contributed by atoms with Crippen LogP contribution in [0.25, 0.3) is 0 Å². The van der Waals surface area contributed by atoms with Crippen molar-refractivity contribution in [3.63, 3.8) is 0 Å². The number of piperidine rings is 1. The third-order valence-corrected chi connectivity index (χ3v) is 6.02. The van der Waals surface area contributed by atoms with E-state index in [1.54, 1.807) is 7.11 Å². The molecule has 1 amide bonds. The number of carbonyl (C=O) groups is 2. The summed E-state index contributed by atoms with van der Waals surface area (Å²) >= 11 is 0. The molecule has 2 aromatic rings. The van der Waals surface area contributed by atoms with Crippen molar-refractivity contribution in [3.05, 3.63) is 59.7 Å². The van der Waals surface area contributed by atoms with Gasteiger partial charge in [0, 0.05) is 24.4 Å². The molecule has 0 aliphatic carbocycles. The fraction of sp³-hybridized carbons (Fsp3) is 0.462. The van der Waals surface area contributed by atoms with E-state index in [1.165, 1.54) is 11.8 Å². The number of hydrogen-bond acceptors (Lipinski definition) is 6. The zero-order valence-electron chi connectivity index (χ0n) is 20.1. The van der Waals surface area contributed by atoms with Crippen molar-refractivity contribution in [1.82, 2.24) is 4.90 Å². The molecule has 0 aromatic heterocycles. The number of para-hydroxylation sites is 1. The van der Waals surface area contributed by atoms with E-state index in [1.807, 2.05) is 48.5 Å². The van der Waals surface area contributed by atoms with Crippen LogP contribution in [0, 0.1) is 0 Å². The Hall–Kier alpha value is -3.30. The van der Waals surface area contributed by atoms with Gasteiger partial charge in [-0.1, -0.05) is 30.3 Å².